The van der Waals surface area contributed by atoms with Crippen molar-refractivity contribution in [1.29, 1.82) is 0 Å². The number of nitrogens with zero attached hydrogens (tertiary/aromatic N) is 1. The van der Waals surface area contributed by atoms with Gasteiger partial charge in [0.15, 0.2) is 0 Å². The van der Waals surface area contributed by atoms with Gasteiger partial charge < -0.3 is 10.2 Å². The molecule has 1 aliphatic rings. The van der Waals surface area contributed by atoms with Crippen LogP contribution in [-0.2, 0) is 50.2 Å². The molecule has 0 spiro atoms. The van der Waals surface area contributed by atoms with Gasteiger partial charge in [-0.3, -0.25) is 9.76 Å². The third kappa shape index (κ3) is 17.5. The van der Waals surface area contributed by atoms with Crippen LogP contribution in [0.4, 0.5) is 0 Å². The molecular weight excluding hydrogens is 867 g/mol. The van der Waals surface area contributed by atoms with Crippen molar-refractivity contribution in [2.24, 2.45) is 5.41 Å². The summed E-state index contributed by atoms with van der Waals surface area (Å²) in [5.41, 5.74) is 16.3. The fourth-order valence-electron chi connectivity index (χ4n) is 7.92. The molecule has 6 heteroatoms. The van der Waals surface area contributed by atoms with Crippen molar-refractivity contribution < 1.29 is 10.2 Å². The first-order chi connectivity index (χ1) is 30.2. The van der Waals surface area contributed by atoms with E-state index < -0.39 is 0 Å². The normalized spacial score (nSPS) is 14.9. The number of phenols is 2. The van der Waals surface area contributed by atoms with Gasteiger partial charge >= 0.3 is 0 Å². The second-order valence-corrected chi connectivity index (χ2v) is 31.7. The molecule has 4 aromatic carbocycles. The maximum Gasteiger partial charge on any atom is 0.127 e. The molecule has 2 atom stereocenters. The van der Waals surface area contributed by atoms with Crippen molar-refractivity contribution in [3.05, 3.63) is 105 Å². The summed E-state index contributed by atoms with van der Waals surface area (Å²) in [5.74, 6) is 0.522. The zero-order chi connectivity index (χ0) is 53.3. The molecule has 4 aromatic rings. The lowest BCUT2D eigenvalue weighted by molar-refractivity contribution is 0.438. The molecule has 0 aliphatic carbocycles. The minimum atomic E-state index is -0.258. The van der Waals surface area contributed by atoms with Gasteiger partial charge in [-0.05, 0) is 135 Å². The lowest BCUT2D eigenvalue weighted by atomic mass is 9.75. The van der Waals surface area contributed by atoms with Gasteiger partial charge in [-0.1, -0.05) is 225 Å². The molecule has 3 N–H and O–H groups in total. The molecule has 0 aromatic heterocycles. The highest BCUT2D eigenvalue weighted by Gasteiger charge is 2.32. The van der Waals surface area contributed by atoms with Crippen LogP contribution < -0.4 is 5.09 Å². The molecule has 1 heterocycles. The zero-order valence-electron chi connectivity index (χ0n) is 49.0. The average molecular weight is 969 g/mol. The predicted molar refractivity (Wildman–Crippen MR) is 310 cm³/mol. The Balaban J connectivity index is 0.000000396. The van der Waals surface area contributed by atoms with Gasteiger partial charge in [0.05, 0.1) is 0 Å². The Bertz CT molecular complexity index is 2230. The Labute approximate surface area is 423 Å². The van der Waals surface area contributed by atoms with Gasteiger partial charge in [0.1, 0.15) is 11.5 Å². The second-order valence-electron chi connectivity index (χ2n) is 28.6. The molecule has 0 bridgehead atoms. The number of aromatic hydroxyl groups is 2. The number of rotatable bonds is 2. The van der Waals surface area contributed by atoms with E-state index in [-0.39, 0.29) is 57.5 Å². The van der Waals surface area contributed by atoms with Crippen LogP contribution in [0.2, 0.25) is 0 Å². The third-order valence-corrected chi connectivity index (χ3v) is 14.1. The Morgan fingerprint density at radius 2 is 0.721 bits per heavy atom. The number of hydrogen-bond acceptors (Lipinski definition) is 4. The summed E-state index contributed by atoms with van der Waals surface area (Å²) in [4.78, 5) is 0. The van der Waals surface area contributed by atoms with E-state index in [1.165, 1.54) is 33.4 Å². The maximum absolute atomic E-state index is 11.4. The van der Waals surface area contributed by atoms with Crippen LogP contribution in [0, 0.1) is 5.41 Å². The van der Waals surface area contributed by atoms with E-state index in [1.807, 2.05) is 18.8 Å². The van der Waals surface area contributed by atoms with E-state index in [9.17, 15) is 10.2 Å². The number of nitrogens with one attached hydrogen (secondary N) is 1. The average Bonchev–Trinajstić information content (AvgIpc) is 3.27. The smallest absolute Gasteiger partial charge is 0.127 e. The molecule has 0 fully saturated rings. The Kier molecular flexibility index (Phi) is 19.8. The van der Waals surface area contributed by atoms with Crippen molar-refractivity contribution in [3.63, 3.8) is 0 Å². The van der Waals surface area contributed by atoms with E-state index in [0.29, 0.717) is 16.5 Å². The summed E-state index contributed by atoms with van der Waals surface area (Å²) in [6.45, 7) is 55.6. The van der Waals surface area contributed by atoms with E-state index in [4.69, 9.17) is 0 Å². The lowest BCUT2D eigenvalue weighted by Gasteiger charge is -2.30. The van der Waals surface area contributed by atoms with Crippen molar-refractivity contribution in [1.82, 2.24) is 9.76 Å². The molecule has 68 heavy (non-hydrogen) atoms. The first-order valence-electron chi connectivity index (χ1n) is 25.1. The van der Waals surface area contributed by atoms with Gasteiger partial charge in [-0.2, -0.15) is 0 Å². The molecule has 4 nitrogen and oxygen atoms in total. The first-order valence-corrected chi connectivity index (χ1v) is 27.3. The van der Waals surface area contributed by atoms with Crippen molar-refractivity contribution in [2.75, 3.05) is 21.1 Å². The topological polar surface area (TPSA) is 55.7 Å². The Morgan fingerprint density at radius 3 is 1.01 bits per heavy atom. The van der Waals surface area contributed by atoms with E-state index >= 15 is 0 Å². The Hall–Kier alpha value is -2.74. The molecule has 0 amide bonds. The molecule has 0 saturated carbocycles. The van der Waals surface area contributed by atoms with Crippen molar-refractivity contribution in [2.45, 2.75) is 223 Å². The van der Waals surface area contributed by atoms with Gasteiger partial charge in [0.25, 0.3) is 0 Å². The number of hydrogen-bond donors (Lipinski definition) is 3. The van der Waals surface area contributed by atoms with Crippen LogP contribution >= 0.6 is 17.5 Å². The summed E-state index contributed by atoms with van der Waals surface area (Å²) in [5, 5.41) is 26.4. The molecule has 0 radical (unpaired) electrons. The molecule has 382 valence electrons. The van der Waals surface area contributed by atoms with Crippen LogP contribution in [0.5, 0.6) is 11.5 Å². The summed E-state index contributed by atoms with van der Waals surface area (Å²) in [6.07, 6.45) is 2.30. The Morgan fingerprint density at radius 1 is 0.426 bits per heavy atom. The van der Waals surface area contributed by atoms with Crippen LogP contribution in [-0.4, -0.2) is 36.0 Å². The van der Waals surface area contributed by atoms with Crippen molar-refractivity contribution >= 4 is 17.5 Å². The summed E-state index contributed by atoms with van der Waals surface area (Å²) in [7, 11) is 8.30. The fraction of sp³-hybridized carbons (Fsp3) is 0.613. The van der Waals surface area contributed by atoms with Crippen LogP contribution in [0.15, 0.2) is 54.6 Å². The van der Waals surface area contributed by atoms with Crippen LogP contribution in [0.1, 0.15) is 223 Å². The summed E-state index contributed by atoms with van der Waals surface area (Å²) < 4.78 is 1.92. The minimum absolute atomic E-state index is 0.0768. The summed E-state index contributed by atoms with van der Waals surface area (Å²) >= 11 is 0. The number of phenolic OH excluding ortho intramolecular Hbond substituents is 2. The molecule has 5 rings (SSSR count). The van der Waals surface area contributed by atoms with Gasteiger partial charge in [0, 0.05) is 34.6 Å². The van der Waals surface area contributed by atoms with Gasteiger partial charge in [-0.15, -0.1) is 0 Å². The monoisotopic (exact) mass is 969 g/mol. The highest BCUT2D eigenvalue weighted by molar-refractivity contribution is 7.53. The quantitative estimate of drug-likeness (QED) is 0.175. The zero-order valence-corrected chi connectivity index (χ0v) is 51.0. The molecular formula is C62H102N2O2P2. The van der Waals surface area contributed by atoms with Crippen LogP contribution in [0.25, 0.3) is 22.3 Å². The SMILES string of the molecule is CC(C)(C)C.CC(C)(C)c1cc(-c2cc(C(C)(C)C)cc(C(C)(C)C)c2O)c(O)c(C(C)(C)C)c1.CN(C)P.CNP1Cc2ccc(C(C)(C)C)cc2-c2cc(C(C)(C)C)cc(C(C)(C)C)c2C1. The fourth-order valence-corrected chi connectivity index (χ4v) is 9.75. The first kappa shape index (κ1) is 61.4. The third-order valence-electron chi connectivity index (χ3n) is 12.1. The van der Waals surface area contributed by atoms with E-state index in [1.54, 1.807) is 5.56 Å². The number of fused-ring (bicyclic) bond motifs is 3. The van der Waals surface area contributed by atoms with Gasteiger partial charge in [0.2, 0.25) is 0 Å². The molecule has 2 unspecified atom stereocenters. The molecule has 0 saturated heterocycles. The van der Waals surface area contributed by atoms with Crippen LogP contribution in [0.3, 0.4) is 0 Å². The largest absolute Gasteiger partial charge is 0.507 e. The standard InChI is InChI=1S/C28H42O2.C27H40NP.C5H12.C2H8NP/c1-25(2,3)17-13-19(23(29)21(15-17)27(7,8)9)20-14-18(26(4,5)6)16-22(24(20)30)28(10,11)12;1-25(2,3)19-12-11-18-16-29(28-10)17-23-22(21(18)13-19)14-20(26(4,5)6)15-24(23)27(7,8)9;1-5(2,3)4;1-3(2)4/h13-16,29-30H,1-12H3;11-15,28H,16-17H2,1-10H3;1-4H3;4H2,1-2H3. The minimum Gasteiger partial charge on any atom is -0.507 e. The van der Waals surface area contributed by atoms with E-state index in [0.717, 1.165) is 34.6 Å². The maximum atomic E-state index is 11.4. The predicted octanol–water partition coefficient (Wildman–Crippen LogP) is 18.2. The lowest BCUT2D eigenvalue weighted by Crippen LogP contribution is -2.19. The molecule has 1 aliphatic heterocycles. The number of benzene rings is 4. The highest BCUT2D eigenvalue weighted by Crippen LogP contribution is 2.52. The van der Waals surface area contributed by atoms with Gasteiger partial charge in [-0.25, -0.2) is 0 Å². The second kappa shape index (κ2) is 21.9. The van der Waals surface area contributed by atoms with Crippen molar-refractivity contribution in [3.8, 4) is 33.8 Å². The van der Waals surface area contributed by atoms with E-state index in [2.05, 4.69) is 249 Å². The summed E-state index contributed by atoms with van der Waals surface area (Å²) in [6, 6.07) is 20.6. The highest BCUT2D eigenvalue weighted by atomic mass is 31.1.